The largest absolute Gasteiger partial charge is 0.380 e. The van der Waals surface area contributed by atoms with E-state index in [-0.39, 0.29) is 12.1 Å². The van der Waals surface area contributed by atoms with Gasteiger partial charge in [0.05, 0.1) is 18.2 Å². The molecule has 24 heavy (non-hydrogen) atoms. The summed E-state index contributed by atoms with van der Waals surface area (Å²) in [5, 5.41) is 6.54. The number of rotatable bonds is 3. The van der Waals surface area contributed by atoms with Gasteiger partial charge in [-0.2, -0.15) is 0 Å². The number of nitrogens with zero attached hydrogens (tertiary/aromatic N) is 1. The maximum atomic E-state index is 12.3. The van der Waals surface area contributed by atoms with Gasteiger partial charge in [-0.15, -0.1) is 0 Å². The van der Waals surface area contributed by atoms with E-state index in [0.29, 0.717) is 12.1 Å². The number of urea groups is 1. The number of anilines is 2. The summed E-state index contributed by atoms with van der Waals surface area (Å²) in [6, 6.07) is 8.33. The molecular formula is C19H29N3O2. The molecule has 3 rings (SSSR count). The third-order valence-electron chi connectivity index (χ3n) is 4.98. The van der Waals surface area contributed by atoms with Crippen molar-refractivity contribution in [1.29, 1.82) is 0 Å². The number of hydrogen-bond acceptors (Lipinski definition) is 3. The second kappa shape index (κ2) is 7.88. The molecule has 2 aliphatic heterocycles. The first-order chi connectivity index (χ1) is 11.6. The molecule has 0 saturated carbocycles. The van der Waals surface area contributed by atoms with E-state index in [1.165, 1.54) is 12.8 Å². The molecule has 2 saturated heterocycles. The van der Waals surface area contributed by atoms with Gasteiger partial charge >= 0.3 is 6.03 Å². The van der Waals surface area contributed by atoms with Gasteiger partial charge in [-0.25, -0.2) is 4.79 Å². The number of ether oxygens (including phenoxy) is 1. The van der Waals surface area contributed by atoms with Crippen LogP contribution in [-0.4, -0.2) is 42.3 Å². The average Bonchev–Trinajstić information content (AvgIpc) is 2.78. The lowest BCUT2D eigenvalue weighted by atomic mass is 10.1. The summed E-state index contributed by atoms with van der Waals surface area (Å²) < 4.78 is 5.77. The van der Waals surface area contributed by atoms with Gasteiger partial charge in [0.1, 0.15) is 0 Å². The Hall–Kier alpha value is -1.75. The van der Waals surface area contributed by atoms with E-state index in [1.54, 1.807) is 0 Å². The van der Waals surface area contributed by atoms with E-state index >= 15 is 0 Å². The molecule has 0 radical (unpaired) electrons. The summed E-state index contributed by atoms with van der Waals surface area (Å²) in [5.41, 5.74) is 1.91. The highest BCUT2D eigenvalue weighted by molar-refractivity contribution is 5.89. The number of hydrogen-bond donors (Lipinski definition) is 2. The van der Waals surface area contributed by atoms with Crippen molar-refractivity contribution in [3.8, 4) is 0 Å². The summed E-state index contributed by atoms with van der Waals surface area (Å²) in [7, 11) is 0. The van der Waals surface area contributed by atoms with Gasteiger partial charge in [-0.3, -0.25) is 0 Å². The summed E-state index contributed by atoms with van der Waals surface area (Å²) in [6.07, 6.45) is 6.23. The summed E-state index contributed by atoms with van der Waals surface area (Å²) in [5.74, 6) is 0. The van der Waals surface area contributed by atoms with E-state index in [2.05, 4.69) is 24.5 Å². The van der Waals surface area contributed by atoms with Gasteiger partial charge in [0.2, 0.25) is 0 Å². The molecule has 132 valence electrons. The van der Waals surface area contributed by atoms with Crippen LogP contribution in [0.15, 0.2) is 24.3 Å². The monoisotopic (exact) mass is 331 g/mol. The van der Waals surface area contributed by atoms with Crippen molar-refractivity contribution < 1.29 is 9.53 Å². The molecule has 0 aliphatic carbocycles. The highest BCUT2D eigenvalue weighted by Crippen LogP contribution is 2.24. The van der Waals surface area contributed by atoms with E-state index in [9.17, 15) is 4.79 Å². The average molecular weight is 331 g/mol. The fourth-order valence-corrected chi connectivity index (χ4v) is 3.58. The third-order valence-corrected chi connectivity index (χ3v) is 4.98. The fourth-order valence-electron chi connectivity index (χ4n) is 3.58. The highest BCUT2D eigenvalue weighted by Gasteiger charge is 2.29. The molecule has 5 heteroatoms. The zero-order chi connectivity index (χ0) is 16.9. The molecule has 2 aliphatic rings. The van der Waals surface area contributed by atoms with Gasteiger partial charge < -0.3 is 20.3 Å². The summed E-state index contributed by atoms with van der Waals surface area (Å²) in [4.78, 5) is 14.3. The quantitative estimate of drug-likeness (QED) is 0.878. The molecule has 2 heterocycles. The van der Waals surface area contributed by atoms with Crippen molar-refractivity contribution in [1.82, 2.24) is 4.90 Å². The Labute approximate surface area is 144 Å². The van der Waals surface area contributed by atoms with Crippen molar-refractivity contribution in [3.05, 3.63) is 24.3 Å². The number of carbonyl (C=O) groups is 1. The van der Waals surface area contributed by atoms with Crippen molar-refractivity contribution in [2.24, 2.45) is 0 Å². The lowest BCUT2D eigenvalue weighted by Crippen LogP contribution is -2.35. The van der Waals surface area contributed by atoms with Crippen LogP contribution in [0.3, 0.4) is 0 Å². The maximum Gasteiger partial charge on any atom is 0.321 e. The first-order valence-corrected chi connectivity index (χ1v) is 9.20. The van der Waals surface area contributed by atoms with Crippen molar-refractivity contribution in [2.75, 3.05) is 23.7 Å². The van der Waals surface area contributed by atoms with Gasteiger partial charge in [-0.1, -0.05) is 12.8 Å². The van der Waals surface area contributed by atoms with Crippen LogP contribution in [-0.2, 0) is 4.74 Å². The first-order valence-electron chi connectivity index (χ1n) is 9.20. The number of amides is 2. The van der Waals surface area contributed by atoms with Crippen LogP contribution < -0.4 is 10.6 Å². The number of benzene rings is 1. The van der Waals surface area contributed by atoms with Gasteiger partial charge in [0.15, 0.2) is 0 Å². The van der Waals surface area contributed by atoms with Gasteiger partial charge in [-0.05, 0) is 57.4 Å². The van der Waals surface area contributed by atoms with E-state index in [4.69, 9.17) is 4.74 Å². The smallest absolute Gasteiger partial charge is 0.321 e. The van der Waals surface area contributed by atoms with Crippen LogP contribution in [0.1, 0.15) is 46.0 Å². The zero-order valence-corrected chi connectivity index (χ0v) is 14.8. The normalized spacial score (nSPS) is 27.6. The molecule has 1 aromatic rings. The Kier molecular flexibility index (Phi) is 5.61. The Morgan fingerprint density at radius 3 is 2.25 bits per heavy atom. The molecular weight excluding hydrogens is 302 g/mol. The van der Waals surface area contributed by atoms with Crippen LogP contribution in [0, 0.1) is 0 Å². The van der Waals surface area contributed by atoms with Crippen LogP contribution in [0.4, 0.5) is 16.2 Å². The summed E-state index contributed by atoms with van der Waals surface area (Å²) in [6.45, 7) is 5.95. The van der Waals surface area contributed by atoms with Gasteiger partial charge in [0.25, 0.3) is 0 Å². The lowest BCUT2D eigenvalue weighted by molar-refractivity contribution is 0.0650. The molecule has 0 spiro atoms. The van der Waals surface area contributed by atoms with Gasteiger partial charge in [0, 0.05) is 24.5 Å². The Morgan fingerprint density at radius 1 is 1.04 bits per heavy atom. The first kappa shape index (κ1) is 17.1. The molecule has 3 unspecified atom stereocenters. The van der Waals surface area contributed by atoms with E-state index in [1.807, 2.05) is 29.2 Å². The topological polar surface area (TPSA) is 53.6 Å². The second-order valence-corrected chi connectivity index (χ2v) is 7.05. The van der Waals surface area contributed by atoms with Crippen molar-refractivity contribution in [3.63, 3.8) is 0 Å². The number of likely N-dealkylation sites (tertiary alicyclic amines) is 1. The molecule has 2 fully saturated rings. The lowest BCUT2D eigenvalue weighted by Gasteiger charge is -2.21. The molecule has 0 aromatic heterocycles. The van der Waals surface area contributed by atoms with Crippen LogP contribution in [0.5, 0.6) is 0 Å². The van der Waals surface area contributed by atoms with Crippen LogP contribution in [0.25, 0.3) is 0 Å². The standard InChI is InChI=1S/C19H29N3O2/c1-14-13-18(15(2)24-14)20-16-7-9-17(10-8-16)21-19(23)22-11-5-3-4-6-12-22/h7-10,14-15,18,20H,3-6,11-13H2,1-2H3,(H,21,23). The Bertz CT molecular complexity index is 538. The fraction of sp³-hybridized carbons (Fsp3) is 0.632. The molecule has 0 bridgehead atoms. The molecule has 2 N–H and O–H groups in total. The Morgan fingerprint density at radius 2 is 1.67 bits per heavy atom. The molecule has 3 atom stereocenters. The SMILES string of the molecule is CC1CC(Nc2ccc(NC(=O)N3CCCCCC3)cc2)C(C)O1. The molecule has 5 nitrogen and oxygen atoms in total. The third kappa shape index (κ3) is 4.41. The maximum absolute atomic E-state index is 12.3. The molecule has 2 amide bonds. The second-order valence-electron chi connectivity index (χ2n) is 7.05. The minimum absolute atomic E-state index is 0.0178. The highest BCUT2D eigenvalue weighted by atomic mass is 16.5. The minimum Gasteiger partial charge on any atom is -0.380 e. The van der Waals surface area contributed by atoms with Crippen molar-refractivity contribution >= 4 is 17.4 Å². The number of nitrogens with one attached hydrogen (secondary N) is 2. The molecule has 1 aromatic carbocycles. The minimum atomic E-state index is 0.0178. The predicted octanol–water partition coefficient (Wildman–Crippen LogP) is 4.07. The van der Waals surface area contributed by atoms with Crippen LogP contribution in [0.2, 0.25) is 0 Å². The predicted molar refractivity (Wildman–Crippen MR) is 97.5 cm³/mol. The van der Waals surface area contributed by atoms with E-state index in [0.717, 1.165) is 43.7 Å². The van der Waals surface area contributed by atoms with E-state index < -0.39 is 0 Å². The van der Waals surface area contributed by atoms with Crippen LogP contribution >= 0.6 is 0 Å². The zero-order valence-electron chi connectivity index (χ0n) is 14.8. The Balaban J connectivity index is 1.53. The summed E-state index contributed by atoms with van der Waals surface area (Å²) >= 11 is 0. The number of carbonyl (C=O) groups excluding carboxylic acids is 1. The van der Waals surface area contributed by atoms with Crippen molar-refractivity contribution in [2.45, 2.75) is 64.2 Å².